The van der Waals surface area contributed by atoms with Crippen molar-refractivity contribution in [2.24, 2.45) is 0 Å². The molecule has 0 saturated carbocycles. The lowest BCUT2D eigenvalue weighted by molar-refractivity contribution is -0.117. The fourth-order valence-electron chi connectivity index (χ4n) is 4.39. The second-order valence-corrected chi connectivity index (χ2v) is 8.75. The van der Waals surface area contributed by atoms with Crippen molar-refractivity contribution in [3.8, 4) is 0 Å². The number of benzene rings is 2. The van der Waals surface area contributed by atoms with Crippen LogP contribution in [0.1, 0.15) is 30.2 Å². The summed E-state index contributed by atoms with van der Waals surface area (Å²) in [6, 6.07) is 21.2. The molecule has 31 heavy (non-hydrogen) atoms. The Balaban J connectivity index is 1.59. The fourth-order valence-corrected chi connectivity index (χ4v) is 5.24. The lowest BCUT2D eigenvalue weighted by atomic mass is 9.88. The summed E-state index contributed by atoms with van der Waals surface area (Å²) in [7, 11) is 0. The number of allylic oxidation sites excluding steroid dienone is 1. The molecule has 0 bridgehead atoms. The number of amides is 1. The number of anilines is 3. The molecule has 3 aromatic rings. The van der Waals surface area contributed by atoms with E-state index in [1.54, 1.807) is 11.3 Å². The number of nitrogens with one attached hydrogen (secondary N) is 2. The van der Waals surface area contributed by atoms with Crippen molar-refractivity contribution in [1.82, 2.24) is 0 Å². The molecule has 1 aliphatic heterocycles. The van der Waals surface area contributed by atoms with Gasteiger partial charge in [-0.15, -0.1) is 11.3 Å². The molecule has 0 radical (unpaired) electrons. The quantitative estimate of drug-likeness (QED) is 0.586. The second kappa shape index (κ2) is 8.40. The molecule has 1 aromatic heterocycles. The van der Waals surface area contributed by atoms with E-state index in [4.69, 9.17) is 0 Å². The van der Waals surface area contributed by atoms with Gasteiger partial charge in [-0.05, 0) is 48.6 Å². The van der Waals surface area contributed by atoms with Gasteiger partial charge in [-0.3, -0.25) is 9.59 Å². The number of thiophene rings is 1. The SMILES string of the molecule is O=C(CN1c2ccccc2NC2=C(C(=O)CCC2)[C@@H]1c1cccs1)Nc1ccccc1. The minimum absolute atomic E-state index is 0.116. The summed E-state index contributed by atoms with van der Waals surface area (Å²) in [5.74, 6) is 0.0447. The van der Waals surface area contributed by atoms with Crippen LogP contribution in [0.3, 0.4) is 0 Å². The van der Waals surface area contributed by atoms with Crippen molar-refractivity contribution in [2.75, 3.05) is 22.1 Å². The van der Waals surface area contributed by atoms with E-state index in [-0.39, 0.29) is 24.3 Å². The van der Waals surface area contributed by atoms with Crippen molar-refractivity contribution in [2.45, 2.75) is 25.3 Å². The Bertz CT molecular complexity index is 1140. The predicted octanol–water partition coefficient (Wildman–Crippen LogP) is 5.37. The summed E-state index contributed by atoms with van der Waals surface area (Å²) in [5, 5.41) is 8.54. The summed E-state index contributed by atoms with van der Waals surface area (Å²) < 4.78 is 0. The third-order valence-electron chi connectivity index (χ3n) is 5.72. The lowest BCUT2D eigenvalue weighted by Crippen LogP contribution is -2.38. The van der Waals surface area contributed by atoms with Crippen LogP contribution in [0.25, 0.3) is 0 Å². The average molecular weight is 430 g/mol. The van der Waals surface area contributed by atoms with Crippen LogP contribution in [0.4, 0.5) is 17.1 Å². The molecule has 2 N–H and O–H groups in total. The number of fused-ring (bicyclic) bond motifs is 1. The molecule has 5 rings (SSSR count). The zero-order chi connectivity index (χ0) is 21.2. The minimum atomic E-state index is -0.291. The van der Waals surface area contributed by atoms with E-state index in [1.165, 1.54) is 0 Å². The number of Topliss-reactive ketones (excluding diaryl/α,β-unsaturated/α-hetero) is 1. The third kappa shape index (κ3) is 3.86. The van der Waals surface area contributed by atoms with Gasteiger partial charge in [0.15, 0.2) is 5.78 Å². The van der Waals surface area contributed by atoms with Crippen LogP contribution in [0, 0.1) is 0 Å². The maximum Gasteiger partial charge on any atom is 0.243 e. The van der Waals surface area contributed by atoms with Gasteiger partial charge >= 0.3 is 0 Å². The Kier molecular flexibility index (Phi) is 5.30. The highest BCUT2D eigenvalue weighted by molar-refractivity contribution is 7.10. The van der Waals surface area contributed by atoms with Gasteiger partial charge in [0.25, 0.3) is 0 Å². The maximum atomic E-state index is 13.1. The number of carbonyl (C=O) groups is 2. The fraction of sp³-hybridized carbons (Fsp3) is 0.200. The van der Waals surface area contributed by atoms with Gasteiger partial charge < -0.3 is 15.5 Å². The normalized spacial score (nSPS) is 18.0. The van der Waals surface area contributed by atoms with Crippen LogP contribution in [0.5, 0.6) is 0 Å². The van der Waals surface area contributed by atoms with Gasteiger partial charge in [0.2, 0.25) is 5.91 Å². The molecule has 5 nitrogen and oxygen atoms in total. The van der Waals surface area contributed by atoms with Gasteiger partial charge in [-0.1, -0.05) is 36.4 Å². The van der Waals surface area contributed by atoms with Crippen molar-refractivity contribution in [3.05, 3.63) is 88.3 Å². The standard InChI is InChI=1S/C25H23N3O2S/c29-21-13-6-11-19-24(21)25(22-14-7-15-31-22)28(20-12-5-4-10-18(20)27-19)16-23(30)26-17-8-2-1-3-9-17/h1-5,7-10,12,14-15,25,27H,6,11,13,16H2,(H,26,30)/t25-/m0/s1. The van der Waals surface area contributed by atoms with E-state index in [9.17, 15) is 9.59 Å². The van der Waals surface area contributed by atoms with Crippen molar-refractivity contribution in [3.63, 3.8) is 0 Å². The summed E-state index contributed by atoms with van der Waals surface area (Å²) in [5.41, 5.74) is 4.38. The van der Waals surface area contributed by atoms with Crippen LogP contribution in [0.15, 0.2) is 83.4 Å². The molecular formula is C25H23N3O2S. The largest absolute Gasteiger partial charge is 0.357 e. The van der Waals surface area contributed by atoms with Crippen LogP contribution in [-0.4, -0.2) is 18.2 Å². The molecular weight excluding hydrogens is 406 g/mol. The molecule has 0 fully saturated rings. The molecule has 1 atom stereocenters. The minimum Gasteiger partial charge on any atom is -0.357 e. The number of para-hydroxylation sites is 3. The first-order chi connectivity index (χ1) is 15.2. The van der Waals surface area contributed by atoms with Crippen LogP contribution < -0.4 is 15.5 Å². The van der Waals surface area contributed by atoms with Crippen LogP contribution in [-0.2, 0) is 9.59 Å². The van der Waals surface area contributed by atoms with Crippen LogP contribution >= 0.6 is 11.3 Å². The Morgan fingerprint density at radius 3 is 2.65 bits per heavy atom. The summed E-state index contributed by atoms with van der Waals surface area (Å²) >= 11 is 1.62. The smallest absolute Gasteiger partial charge is 0.243 e. The van der Waals surface area contributed by atoms with Gasteiger partial charge in [-0.2, -0.15) is 0 Å². The first kappa shape index (κ1) is 19.6. The Morgan fingerprint density at radius 2 is 1.84 bits per heavy atom. The lowest BCUT2D eigenvalue weighted by Gasteiger charge is -2.34. The average Bonchev–Trinajstić information content (AvgIpc) is 3.26. The maximum absolute atomic E-state index is 13.1. The monoisotopic (exact) mass is 429 g/mol. The van der Waals surface area contributed by atoms with E-state index < -0.39 is 0 Å². The molecule has 156 valence electrons. The van der Waals surface area contributed by atoms with Crippen LogP contribution in [0.2, 0.25) is 0 Å². The topological polar surface area (TPSA) is 61.4 Å². The zero-order valence-corrected chi connectivity index (χ0v) is 17.8. The van der Waals surface area contributed by atoms with E-state index >= 15 is 0 Å². The van der Waals surface area contributed by atoms with E-state index in [1.807, 2.05) is 66.0 Å². The number of ketones is 1. The number of nitrogens with zero attached hydrogens (tertiary/aromatic N) is 1. The van der Waals surface area contributed by atoms with Crippen molar-refractivity contribution >= 4 is 40.1 Å². The summed E-state index contributed by atoms with van der Waals surface area (Å²) in [6.07, 6.45) is 2.22. The first-order valence-corrected chi connectivity index (χ1v) is 11.4. The highest BCUT2D eigenvalue weighted by atomic mass is 32.1. The molecule has 0 unspecified atom stereocenters. The third-order valence-corrected chi connectivity index (χ3v) is 6.65. The number of carbonyl (C=O) groups excluding carboxylic acids is 2. The molecule has 0 spiro atoms. The molecule has 1 aliphatic carbocycles. The van der Waals surface area contributed by atoms with Gasteiger partial charge in [-0.25, -0.2) is 0 Å². The van der Waals surface area contributed by atoms with Gasteiger partial charge in [0.1, 0.15) is 0 Å². The summed E-state index contributed by atoms with van der Waals surface area (Å²) in [4.78, 5) is 29.4. The molecule has 2 heterocycles. The molecule has 2 aromatic carbocycles. The van der Waals surface area contributed by atoms with E-state index in [0.717, 1.165) is 46.1 Å². The Hall–Kier alpha value is -3.38. The summed E-state index contributed by atoms with van der Waals surface area (Å²) in [6.45, 7) is 0.139. The first-order valence-electron chi connectivity index (χ1n) is 10.5. The molecule has 1 amide bonds. The highest BCUT2D eigenvalue weighted by Crippen LogP contribution is 2.45. The predicted molar refractivity (Wildman–Crippen MR) is 125 cm³/mol. The number of rotatable bonds is 4. The van der Waals surface area contributed by atoms with Crippen molar-refractivity contribution in [1.29, 1.82) is 0 Å². The van der Waals surface area contributed by atoms with E-state index in [0.29, 0.717) is 6.42 Å². The number of hydrogen-bond donors (Lipinski definition) is 2. The molecule has 0 saturated heterocycles. The highest BCUT2D eigenvalue weighted by Gasteiger charge is 2.37. The van der Waals surface area contributed by atoms with Gasteiger partial charge in [0.05, 0.1) is 24.0 Å². The van der Waals surface area contributed by atoms with Crippen molar-refractivity contribution < 1.29 is 9.59 Å². The second-order valence-electron chi connectivity index (χ2n) is 7.77. The Labute approximate surface area is 185 Å². The molecule has 2 aliphatic rings. The van der Waals surface area contributed by atoms with Gasteiger partial charge in [0, 0.05) is 28.3 Å². The Morgan fingerprint density at radius 1 is 1.03 bits per heavy atom. The molecule has 6 heteroatoms. The number of hydrogen-bond acceptors (Lipinski definition) is 5. The van der Waals surface area contributed by atoms with E-state index in [2.05, 4.69) is 21.6 Å². The zero-order valence-electron chi connectivity index (χ0n) is 17.0.